The quantitative estimate of drug-likeness (QED) is 0.724. The zero-order valence-corrected chi connectivity index (χ0v) is 15.1. The van der Waals surface area contributed by atoms with Crippen molar-refractivity contribution in [3.8, 4) is 0 Å². The first-order valence-electron chi connectivity index (χ1n) is 8.71. The van der Waals surface area contributed by atoms with Gasteiger partial charge >= 0.3 is 5.97 Å². The lowest BCUT2D eigenvalue weighted by Crippen LogP contribution is -3.15. The normalized spacial score (nSPS) is 14.6. The number of hydrogen-bond donors (Lipinski definition) is 2. The highest BCUT2D eigenvalue weighted by Gasteiger charge is 2.27. The number of benzene rings is 1. The summed E-state index contributed by atoms with van der Waals surface area (Å²) in [6, 6.07) is 9.89. The van der Waals surface area contributed by atoms with Gasteiger partial charge < -0.3 is 24.3 Å². The van der Waals surface area contributed by atoms with Crippen LogP contribution in [0.2, 0.25) is 0 Å². The number of esters is 1. The van der Waals surface area contributed by atoms with Crippen molar-refractivity contribution in [1.29, 1.82) is 0 Å². The monoisotopic (exact) mass is 372 g/mol. The zero-order chi connectivity index (χ0) is 19.2. The van der Waals surface area contributed by atoms with Gasteiger partial charge in [-0.1, -0.05) is 0 Å². The molecule has 0 bridgehead atoms. The molecule has 1 aromatic carbocycles. The minimum atomic E-state index is -0.417. The molecule has 0 atom stereocenters. The van der Waals surface area contributed by atoms with Gasteiger partial charge in [0.05, 0.1) is 45.1 Å². The number of carbonyl (C=O) groups is 3. The van der Waals surface area contributed by atoms with E-state index in [1.165, 1.54) is 13.4 Å². The van der Waals surface area contributed by atoms with Crippen LogP contribution < -0.4 is 10.2 Å². The van der Waals surface area contributed by atoms with Crippen LogP contribution in [0.1, 0.15) is 20.9 Å². The number of furan rings is 1. The smallest absolute Gasteiger partial charge is 0.337 e. The molecule has 0 unspecified atom stereocenters. The van der Waals surface area contributed by atoms with Crippen LogP contribution in [-0.2, 0) is 9.53 Å². The number of nitrogens with zero attached hydrogens (tertiary/aromatic N) is 1. The SMILES string of the molecule is COC(=O)c1ccc(NC(=O)C[NH+]2CCN(C(=O)c3ccco3)CC2)cc1. The van der Waals surface area contributed by atoms with Crippen molar-refractivity contribution in [2.75, 3.05) is 45.2 Å². The van der Waals surface area contributed by atoms with Crippen molar-refractivity contribution < 1.29 is 28.4 Å². The first-order chi connectivity index (χ1) is 13.1. The molecule has 0 radical (unpaired) electrons. The molecule has 27 heavy (non-hydrogen) atoms. The van der Waals surface area contributed by atoms with E-state index in [1.54, 1.807) is 41.3 Å². The van der Waals surface area contributed by atoms with E-state index in [0.717, 1.165) is 4.90 Å². The van der Waals surface area contributed by atoms with Crippen molar-refractivity contribution in [3.63, 3.8) is 0 Å². The zero-order valence-electron chi connectivity index (χ0n) is 15.1. The van der Waals surface area contributed by atoms with Gasteiger partial charge in [-0.05, 0) is 36.4 Å². The van der Waals surface area contributed by atoms with E-state index in [9.17, 15) is 14.4 Å². The van der Waals surface area contributed by atoms with Crippen LogP contribution in [0.3, 0.4) is 0 Å². The Kier molecular flexibility index (Phi) is 5.87. The summed E-state index contributed by atoms with van der Waals surface area (Å²) in [5.41, 5.74) is 1.05. The highest BCUT2D eigenvalue weighted by Crippen LogP contribution is 2.10. The predicted molar refractivity (Wildman–Crippen MR) is 96.6 cm³/mol. The Hall–Kier alpha value is -3.13. The predicted octanol–water partition coefficient (Wildman–Crippen LogP) is 0.0456. The number of quaternary nitrogens is 1. The second-order valence-corrected chi connectivity index (χ2v) is 6.31. The van der Waals surface area contributed by atoms with Crippen LogP contribution in [0.15, 0.2) is 47.1 Å². The summed E-state index contributed by atoms with van der Waals surface area (Å²) < 4.78 is 9.79. The molecule has 142 valence electrons. The van der Waals surface area contributed by atoms with E-state index in [1.807, 2.05) is 0 Å². The van der Waals surface area contributed by atoms with Gasteiger partial charge in [-0.25, -0.2) is 4.79 Å². The number of piperazine rings is 1. The van der Waals surface area contributed by atoms with Crippen LogP contribution in [0.25, 0.3) is 0 Å². The van der Waals surface area contributed by atoms with Crippen LogP contribution in [-0.4, -0.2) is 62.5 Å². The lowest BCUT2D eigenvalue weighted by Gasteiger charge is -2.31. The molecular formula is C19H22N3O5+. The molecule has 2 amide bonds. The molecule has 1 aliphatic heterocycles. The Bertz CT molecular complexity index is 793. The average molecular weight is 372 g/mol. The Morgan fingerprint density at radius 1 is 1.15 bits per heavy atom. The lowest BCUT2D eigenvalue weighted by molar-refractivity contribution is -0.895. The molecule has 8 nitrogen and oxygen atoms in total. The van der Waals surface area contributed by atoms with Crippen LogP contribution in [0.5, 0.6) is 0 Å². The van der Waals surface area contributed by atoms with Gasteiger partial charge in [0.25, 0.3) is 11.8 Å². The Morgan fingerprint density at radius 2 is 1.85 bits per heavy atom. The van der Waals surface area contributed by atoms with Crippen LogP contribution >= 0.6 is 0 Å². The maximum atomic E-state index is 12.2. The Labute approximate surface area is 156 Å². The first kappa shape index (κ1) is 18.7. The number of nitrogens with one attached hydrogen (secondary N) is 2. The van der Waals surface area contributed by atoms with E-state index < -0.39 is 5.97 Å². The van der Waals surface area contributed by atoms with E-state index in [0.29, 0.717) is 49.7 Å². The minimum Gasteiger partial charge on any atom is -0.465 e. The lowest BCUT2D eigenvalue weighted by atomic mass is 10.2. The third-order valence-corrected chi connectivity index (χ3v) is 4.49. The van der Waals surface area contributed by atoms with Crippen molar-refractivity contribution >= 4 is 23.5 Å². The minimum absolute atomic E-state index is 0.110. The van der Waals surface area contributed by atoms with E-state index in [-0.39, 0.29) is 11.8 Å². The molecule has 2 aromatic rings. The van der Waals surface area contributed by atoms with Crippen LogP contribution in [0.4, 0.5) is 5.69 Å². The molecule has 1 aromatic heterocycles. The van der Waals surface area contributed by atoms with Gasteiger partial charge in [0.1, 0.15) is 0 Å². The molecule has 1 saturated heterocycles. The molecule has 0 saturated carbocycles. The van der Waals surface area contributed by atoms with E-state index >= 15 is 0 Å². The number of anilines is 1. The fourth-order valence-electron chi connectivity index (χ4n) is 3.00. The maximum Gasteiger partial charge on any atom is 0.337 e. The molecule has 3 rings (SSSR count). The fourth-order valence-corrected chi connectivity index (χ4v) is 3.00. The van der Waals surface area contributed by atoms with Crippen LogP contribution in [0, 0.1) is 0 Å². The number of methoxy groups -OCH3 is 1. The van der Waals surface area contributed by atoms with Crippen molar-refractivity contribution in [1.82, 2.24) is 4.90 Å². The first-order valence-corrected chi connectivity index (χ1v) is 8.71. The van der Waals surface area contributed by atoms with Crippen molar-refractivity contribution in [3.05, 3.63) is 54.0 Å². The molecule has 2 heterocycles. The van der Waals surface area contributed by atoms with Gasteiger partial charge in [0, 0.05) is 5.69 Å². The highest BCUT2D eigenvalue weighted by atomic mass is 16.5. The van der Waals surface area contributed by atoms with Gasteiger partial charge in [-0.15, -0.1) is 0 Å². The maximum absolute atomic E-state index is 12.2. The Balaban J connectivity index is 1.45. The van der Waals surface area contributed by atoms with E-state index in [4.69, 9.17) is 4.42 Å². The number of ether oxygens (including phenoxy) is 1. The third kappa shape index (κ3) is 4.73. The summed E-state index contributed by atoms with van der Waals surface area (Å²) in [5, 5.41) is 2.82. The largest absolute Gasteiger partial charge is 0.465 e. The number of hydrogen-bond acceptors (Lipinski definition) is 5. The fraction of sp³-hybridized carbons (Fsp3) is 0.316. The topological polar surface area (TPSA) is 93.3 Å². The van der Waals surface area contributed by atoms with Gasteiger partial charge in [0.2, 0.25) is 0 Å². The summed E-state index contributed by atoms with van der Waals surface area (Å²) in [7, 11) is 1.32. The molecular weight excluding hydrogens is 350 g/mol. The third-order valence-electron chi connectivity index (χ3n) is 4.49. The van der Waals surface area contributed by atoms with E-state index in [2.05, 4.69) is 10.1 Å². The van der Waals surface area contributed by atoms with Crippen molar-refractivity contribution in [2.45, 2.75) is 0 Å². The average Bonchev–Trinajstić information content (AvgIpc) is 3.23. The number of rotatable bonds is 5. The number of amides is 2. The van der Waals surface area contributed by atoms with Gasteiger partial charge in [0.15, 0.2) is 12.3 Å². The molecule has 8 heteroatoms. The standard InChI is InChI=1S/C19H21N3O5/c1-26-19(25)14-4-6-15(7-5-14)20-17(23)13-21-8-10-22(11-9-21)18(24)16-3-2-12-27-16/h2-7,12H,8-11,13H2,1H3,(H,20,23)/p+1. The molecule has 1 aliphatic rings. The molecule has 2 N–H and O–H groups in total. The summed E-state index contributed by atoms with van der Waals surface area (Å²) in [4.78, 5) is 38.7. The Morgan fingerprint density at radius 3 is 2.44 bits per heavy atom. The summed E-state index contributed by atoms with van der Waals surface area (Å²) in [5.74, 6) is -0.304. The second-order valence-electron chi connectivity index (χ2n) is 6.31. The van der Waals surface area contributed by atoms with Gasteiger partial charge in [-0.2, -0.15) is 0 Å². The number of carbonyl (C=O) groups excluding carboxylic acids is 3. The van der Waals surface area contributed by atoms with Crippen molar-refractivity contribution in [2.24, 2.45) is 0 Å². The van der Waals surface area contributed by atoms with Gasteiger partial charge in [-0.3, -0.25) is 9.59 Å². The highest BCUT2D eigenvalue weighted by molar-refractivity contribution is 5.93. The molecule has 1 fully saturated rings. The molecule has 0 aliphatic carbocycles. The second kappa shape index (κ2) is 8.50. The molecule has 0 spiro atoms. The summed E-state index contributed by atoms with van der Waals surface area (Å²) in [6.45, 7) is 2.87. The summed E-state index contributed by atoms with van der Waals surface area (Å²) >= 11 is 0. The summed E-state index contributed by atoms with van der Waals surface area (Å²) in [6.07, 6.45) is 1.48.